The van der Waals surface area contributed by atoms with E-state index < -0.39 is 0 Å². The summed E-state index contributed by atoms with van der Waals surface area (Å²) in [6.45, 7) is 1.82. The molecule has 1 heterocycles. The number of anilines is 1. The van der Waals surface area contributed by atoms with Gasteiger partial charge in [0.1, 0.15) is 11.9 Å². The van der Waals surface area contributed by atoms with Crippen molar-refractivity contribution in [3.63, 3.8) is 0 Å². The minimum atomic E-state index is -0.253. The second-order valence-corrected chi connectivity index (χ2v) is 7.59. The molecule has 1 unspecified atom stereocenters. The molecule has 1 amide bonds. The Morgan fingerprint density at radius 3 is 2.58 bits per heavy atom. The quantitative estimate of drug-likeness (QED) is 0.504. The van der Waals surface area contributed by atoms with Crippen LogP contribution in [0.15, 0.2) is 78.9 Å². The van der Waals surface area contributed by atoms with E-state index in [0.29, 0.717) is 25.3 Å². The van der Waals surface area contributed by atoms with Gasteiger partial charge < -0.3 is 19.7 Å². The lowest BCUT2D eigenvalue weighted by Crippen LogP contribution is -2.43. The molecule has 1 aliphatic heterocycles. The number of para-hydroxylation sites is 1. The SMILES string of the molecule is COCCCN1C(=O)c2ccccc2NC1c1cccc(OCCc2ccccc2)c1. The van der Waals surface area contributed by atoms with Gasteiger partial charge in [0, 0.05) is 32.4 Å². The summed E-state index contributed by atoms with van der Waals surface area (Å²) < 4.78 is 11.2. The van der Waals surface area contributed by atoms with Gasteiger partial charge in [-0.2, -0.15) is 0 Å². The Morgan fingerprint density at radius 2 is 1.74 bits per heavy atom. The Kier molecular flexibility index (Phi) is 6.85. The van der Waals surface area contributed by atoms with Crippen molar-refractivity contribution in [1.29, 1.82) is 0 Å². The average Bonchev–Trinajstić information content (AvgIpc) is 2.81. The largest absolute Gasteiger partial charge is 0.493 e. The summed E-state index contributed by atoms with van der Waals surface area (Å²) in [6.07, 6.45) is 1.37. The van der Waals surface area contributed by atoms with Gasteiger partial charge in [0.15, 0.2) is 0 Å². The topological polar surface area (TPSA) is 50.8 Å². The van der Waals surface area contributed by atoms with Crippen LogP contribution in [0.4, 0.5) is 5.69 Å². The highest BCUT2D eigenvalue weighted by molar-refractivity contribution is 6.01. The number of methoxy groups -OCH3 is 1. The van der Waals surface area contributed by atoms with E-state index >= 15 is 0 Å². The van der Waals surface area contributed by atoms with E-state index in [1.807, 2.05) is 71.6 Å². The maximum absolute atomic E-state index is 13.2. The number of carbonyl (C=O) groups excluding carboxylic acids is 1. The van der Waals surface area contributed by atoms with Crippen molar-refractivity contribution >= 4 is 11.6 Å². The third-order valence-corrected chi connectivity index (χ3v) is 5.45. The van der Waals surface area contributed by atoms with Gasteiger partial charge in [0.25, 0.3) is 5.91 Å². The zero-order valence-electron chi connectivity index (χ0n) is 17.8. The van der Waals surface area contributed by atoms with Crippen molar-refractivity contribution in [3.05, 3.63) is 95.6 Å². The number of nitrogens with zero attached hydrogens (tertiary/aromatic N) is 1. The molecule has 4 rings (SSSR count). The third-order valence-electron chi connectivity index (χ3n) is 5.45. The Labute approximate surface area is 183 Å². The fourth-order valence-electron chi connectivity index (χ4n) is 3.87. The monoisotopic (exact) mass is 416 g/mol. The molecule has 0 radical (unpaired) electrons. The highest BCUT2D eigenvalue weighted by Crippen LogP contribution is 2.34. The van der Waals surface area contributed by atoms with Crippen LogP contribution in [0.5, 0.6) is 5.75 Å². The number of hydrogen-bond acceptors (Lipinski definition) is 4. The zero-order valence-corrected chi connectivity index (χ0v) is 17.8. The molecule has 0 aliphatic carbocycles. The summed E-state index contributed by atoms with van der Waals surface area (Å²) in [6, 6.07) is 26.0. The fraction of sp³-hybridized carbons (Fsp3) is 0.269. The van der Waals surface area contributed by atoms with Gasteiger partial charge in [0.2, 0.25) is 0 Å². The molecule has 0 spiro atoms. The Bertz CT molecular complexity index is 1010. The van der Waals surface area contributed by atoms with E-state index in [9.17, 15) is 4.79 Å². The Morgan fingerprint density at radius 1 is 0.935 bits per heavy atom. The van der Waals surface area contributed by atoms with Gasteiger partial charge in [-0.05, 0) is 41.8 Å². The maximum Gasteiger partial charge on any atom is 0.257 e. The first-order valence-corrected chi connectivity index (χ1v) is 10.7. The van der Waals surface area contributed by atoms with Crippen molar-refractivity contribution < 1.29 is 14.3 Å². The van der Waals surface area contributed by atoms with Gasteiger partial charge in [-0.3, -0.25) is 4.79 Å². The number of amides is 1. The number of benzene rings is 3. The molecule has 5 heteroatoms. The molecule has 0 fully saturated rings. The molecule has 160 valence electrons. The van der Waals surface area contributed by atoms with E-state index in [4.69, 9.17) is 9.47 Å². The first-order valence-electron chi connectivity index (χ1n) is 10.7. The lowest BCUT2D eigenvalue weighted by molar-refractivity contribution is 0.0660. The summed E-state index contributed by atoms with van der Waals surface area (Å²) >= 11 is 0. The van der Waals surface area contributed by atoms with Crippen molar-refractivity contribution in [2.45, 2.75) is 19.0 Å². The smallest absolute Gasteiger partial charge is 0.257 e. The second-order valence-electron chi connectivity index (χ2n) is 7.59. The molecule has 3 aromatic rings. The van der Waals surface area contributed by atoms with Crippen LogP contribution in [0.25, 0.3) is 0 Å². The van der Waals surface area contributed by atoms with Crippen molar-refractivity contribution in [2.24, 2.45) is 0 Å². The lowest BCUT2D eigenvalue weighted by atomic mass is 10.0. The van der Waals surface area contributed by atoms with Crippen molar-refractivity contribution in [1.82, 2.24) is 4.90 Å². The molecular formula is C26H28N2O3. The fourth-order valence-corrected chi connectivity index (χ4v) is 3.87. The predicted octanol–water partition coefficient (Wildman–Crippen LogP) is 4.91. The number of ether oxygens (including phenoxy) is 2. The minimum Gasteiger partial charge on any atom is -0.493 e. The van der Waals surface area contributed by atoms with Crippen LogP contribution in [0.3, 0.4) is 0 Å². The molecule has 1 atom stereocenters. The normalized spacial score (nSPS) is 15.3. The van der Waals surface area contributed by atoms with Gasteiger partial charge in [0.05, 0.1) is 12.2 Å². The molecule has 0 saturated carbocycles. The molecule has 1 N–H and O–H groups in total. The van der Waals surface area contributed by atoms with Gasteiger partial charge >= 0.3 is 0 Å². The summed E-state index contributed by atoms with van der Waals surface area (Å²) in [5.74, 6) is 0.837. The van der Waals surface area contributed by atoms with E-state index in [-0.39, 0.29) is 12.1 Å². The summed E-state index contributed by atoms with van der Waals surface area (Å²) in [5.41, 5.74) is 3.80. The van der Waals surface area contributed by atoms with E-state index in [1.54, 1.807) is 7.11 Å². The standard InChI is InChI=1S/C26H28N2O3/c1-30-17-8-16-28-25(27-24-14-6-5-13-23(24)26(28)29)21-11-7-12-22(19-21)31-18-15-20-9-3-2-4-10-20/h2-7,9-14,19,25,27H,8,15-18H2,1H3. The highest BCUT2D eigenvalue weighted by Gasteiger charge is 2.32. The summed E-state index contributed by atoms with van der Waals surface area (Å²) in [7, 11) is 1.68. The van der Waals surface area contributed by atoms with Crippen LogP contribution in [-0.4, -0.2) is 37.7 Å². The number of nitrogens with one attached hydrogen (secondary N) is 1. The van der Waals surface area contributed by atoms with Gasteiger partial charge in [-0.1, -0.05) is 54.6 Å². The molecule has 1 aliphatic rings. The molecule has 0 saturated heterocycles. The first-order chi connectivity index (χ1) is 15.3. The van der Waals surface area contributed by atoms with Crippen molar-refractivity contribution in [2.75, 3.05) is 32.2 Å². The minimum absolute atomic E-state index is 0.0332. The van der Waals surface area contributed by atoms with Crippen LogP contribution in [-0.2, 0) is 11.2 Å². The van der Waals surface area contributed by atoms with E-state index in [1.165, 1.54) is 5.56 Å². The Hall–Kier alpha value is -3.31. The molecule has 3 aromatic carbocycles. The first kappa shape index (κ1) is 20.9. The Balaban J connectivity index is 1.51. The number of rotatable bonds is 9. The second kappa shape index (κ2) is 10.1. The summed E-state index contributed by atoms with van der Waals surface area (Å²) in [5, 5.41) is 3.54. The number of fused-ring (bicyclic) bond motifs is 1. The third kappa shape index (κ3) is 5.06. The molecule has 0 bridgehead atoms. The van der Waals surface area contributed by atoms with Crippen LogP contribution < -0.4 is 10.1 Å². The average molecular weight is 417 g/mol. The lowest BCUT2D eigenvalue weighted by Gasteiger charge is -2.38. The van der Waals surface area contributed by atoms with Crippen LogP contribution in [0, 0.1) is 0 Å². The summed E-state index contributed by atoms with van der Waals surface area (Å²) in [4.78, 5) is 15.1. The molecule has 31 heavy (non-hydrogen) atoms. The molecular weight excluding hydrogens is 388 g/mol. The van der Waals surface area contributed by atoms with Gasteiger partial charge in [-0.25, -0.2) is 0 Å². The predicted molar refractivity (Wildman–Crippen MR) is 122 cm³/mol. The maximum atomic E-state index is 13.2. The number of carbonyl (C=O) groups is 1. The van der Waals surface area contributed by atoms with E-state index in [0.717, 1.165) is 29.8 Å². The molecule has 5 nitrogen and oxygen atoms in total. The zero-order chi connectivity index (χ0) is 21.5. The van der Waals surface area contributed by atoms with Crippen LogP contribution >= 0.6 is 0 Å². The van der Waals surface area contributed by atoms with Gasteiger partial charge in [-0.15, -0.1) is 0 Å². The van der Waals surface area contributed by atoms with Crippen LogP contribution in [0.1, 0.15) is 34.1 Å². The number of hydrogen-bond donors (Lipinski definition) is 1. The van der Waals surface area contributed by atoms with Crippen molar-refractivity contribution in [3.8, 4) is 5.75 Å². The molecule has 0 aromatic heterocycles. The highest BCUT2D eigenvalue weighted by atomic mass is 16.5. The van der Waals surface area contributed by atoms with E-state index in [2.05, 4.69) is 17.4 Å². The van der Waals surface area contributed by atoms with Crippen LogP contribution in [0.2, 0.25) is 0 Å².